The zero-order valence-electron chi connectivity index (χ0n) is 12.2. The maximum Gasteiger partial charge on any atom is 0.0672 e. The van der Waals surface area contributed by atoms with Crippen LogP contribution in [0.15, 0.2) is 0 Å². The summed E-state index contributed by atoms with van der Waals surface area (Å²) in [5.74, 6) is 0.306. The predicted octanol–water partition coefficient (Wildman–Crippen LogP) is 4.12. The molecular weight excluding hydrogens is 232 g/mol. The quantitative estimate of drug-likeness (QED) is 0.663. The van der Waals surface area contributed by atoms with Gasteiger partial charge < -0.3 is 0 Å². The van der Waals surface area contributed by atoms with Crippen molar-refractivity contribution >= 4 is 0 Å². The minimum absolute atomic E-state index is 0.306. The van der Waals surface area contributed by atoms with Gasteiger partial charge in [-0.15, -0.1) is 0 Å². The summed E-state index contributed by atoms with van der Waals surface area (Å²) >= 11 is 0. The second-order valence-electron chi connectivity index (χ2n) is 7.18. The summed E-state index contributed by atoms with van der Waals surface area (Å²) in [5, 5.41) is 9.45. The average Bonchev–Trinajstić information content (AvgIpc) is 2.76. The fourth-order valence-corrected chi connectivity index (χ4v) is 4.83. The lowest BCUT2D eigenvalue weighted by molar-refractivity contribution is 0.0589. The molecule has 19 heavy (non-hydrogen) atoms. The van der Waals surface area contributed by atoms with Crippen LogP contribution in [-0.2, 0) is 0 Å². The van der Waals surface area contributed by atoms with Crippen molar-refractivity contribution in [3.63, 3.8) is 0 Å². The molecule has 0 aromatic carbocycles. The van der Waals surface area contributed by atoms with Crippen molar-refractivity contribution in [2.45, 2.75) is 76.7 Å². The molecule has 2 saturated carbocycles. The summed E-state index contributed by atoms with van der Waals surface area (Å²) in [5.41, 5.74) is 0.712. The highest BCUT2D eigenvalue weighted by Crippen LogP contribution is 2.47. The first-order valence-corrected chi connectivity index (χ1v) is 8.47. The Balaban J connectivity index is 1.61. The average molecular weight is 260 g/mol. The molecule has 2 unspecified atom stereocenters. The van der Waals surface area contributed by atoms with Gasteiger partial charge in [-0.2, -0.15) is 5.26 Å². The lowest BCUT2D eigenvalue weighted by atomic mass is 9.76. The molecule has 2 atom stereocenters. The van der Waals surface area contributed by atoms with E-state index in [2.05, 4.69) is 11.0 Å². The van der Waals surface area contributed by atoms with Crippen LogP contribution in [0, 0.1) is 22.7 Å². The highest BCUT2D eigenvalue weighted by Gasteiger charge is 2.39. The number of likely N-dealkylation sites (tertiary alicyclic amines) is 1. The van der Waals surface area contributed by atoms with Crippen molar-refractivity contribution in [1.29, 1.82) is 5.26 Å². The Hall–Kier alpha value is -0.550. The highest BCUT2D eigenvalue weighted by atomic mass is 15.2. The van der Waals surface area contributed by atoms with Crippen molar-refractivity contribution in [3.05, 3.63) is 0 Å². The molecule has 0 aromatic heterocycles. The van der Waals surface area contributed by atoms with Gasteiger partial charge >= 0.3 is 0 Å². The molecule has 3 rings (SSSR count). The van der Waals surface area contributed by atoms with Crippen LogP contribution in [0.3, 0.4) is 0 Å². The third-order valence-electron chi connectivity index (χ3n) is 6.14. The van der Waals surface area contributed by atoms with Gasteiger partial charge in [0, 0.05) is 6.04 Å². The first-order valence-electron chi connectivity index (χ1n) is 8.47. The molecule has 1 spiro atoms. The molecule has 2 heteroatoms. The number of nitriles is 1. The molecule has 2 nitrogen and oxygen atoms in total. The predicted molar refractivity (Wildman–Crippen MR) is 77.7 cm³/mol. The Morgan fingerprint density at radius 3 is 2.21 bits per heavy atom. The molecule has 1 aliphatic heterocycles. The summed E-state index contributed by atoms with van der Waals surface area (Å²) < 4.78 is 0. The zero-order chi connectivity index (χ0) is 13.1. The molecule has 3 aliphatic rings. The van der Waals surface area contributed by atoms with Gasteiger partial charge in [-0.25, -0.2) is 0 Å². The highest BCUT2D eigenvalue weighted by molar-refractivity contribution is 4.98. The van der Waals surface area contributed by atoms with Gasteiger partial charge in [0.05, 0.1) is 12.0 Å². The Kier molecular flexibility index (Phi) is 4.12. The van der Waals surface area contributed by atoms with Crippen LogP contribution >= 0.6 is 0 Å². The molecule has 0 radical (unpaired) electrons. The summed E-state index contributed by atoms with van der Waals surface area (Å²) in [7, 11) is 0. The van der Waals surface area contributed by atoms with E-state index in [0.717, 1.165) is 6.42 Å². The molecule has 1 saturated heterocycles. The van der Waals surface area contributed by atoms with E-state index >= 15 is 0 Å². The van der Waals surface area contributed by atoms with Gasteiger partial charge in [0.15, 0.2) is 0 Å². The Labute approximate surface area is 118 Å². The lowest BCUT2D eigenvalue weighted by Gasteiger charge is -2.43. The number of hydrogen-bond acceptors (Lipinski definition) is 2. The molecule has 0 bridgehead atoms. The lowest BCUT2D eigenvalue weighted by Crippen LogP contribution is -2.47. The van der Waals surface area contributed by atoms with Crippen molar-refractivity contribution in [2.24, 2.45) is 11.3 Å². The van der Waals surface area contributed by atoms with Crippen molar-refractivity contribution in [1.82, 2.24) is 4.90 Å². The number of hydrogen-bond donors (Lipinski definition) is 0. The standard InChI is InChI=1S/C17H28N2/c18-14-15-6-2-1-3-7-16(15)19-12-10-17(11-13-19)8-4-5-9-17/h15-16H,1-13H2. The van der Waals surface area contributed by atoms with Gasteiger partial charge in [-0.1, -0.05) is 32.1 Å². The van der Waals surface area contributed by atoms with E-state index in [9.17, 15) is 5.26 Å². The third-order valence-corrected chi connectivity index (χ3v) is 6.14. The molecular formula is C17H28N2. The van der Waals surface area contributed by atoms with E-state index in [-0.39, 0.29) is 0 Å². The minimum Gasteiger partial charge on any atom is -0.299 e. The summed E-state index contributed by atoms with van der Waals surface area (Å²) in [6.07, 6.45) is 15.1. The monoisotopic (exact) mass is 260 g/mol. The second kappa shape index (κ2) is 5.83. The van der Waals surface area contributed by atoms with Crippen LogP contribution < -0.4 is 0 Å². The van der Waals surface area contributed by atoms with E-state index in [1.807, 2.05) is 0 Å². The van der Waals surface area contributed by atoms with Gasteiger partial charge in [-0.05, 0) is 57.0 Å². The van der Waals surface area contributed by atoms with Crippen molar-refractivity contribution < 1.29 is 0 Å². The Bertz CT molecular complexity index is 328. The number of rotatable bonds is 1. The zero-order valence-corrected chi connectivity index (χ0v) is 12.2. The minimum atomic E-state index is 0.306. The van der Waals surface area contributed by atoms with Gasteiger partial charge in [0.25, 0.3) is 0 Å². The Morgan fingerprint density at radius 1 is 0.842 bits per heavy atom. The molecule has 3 fully saturated rings. The Morgan fingerprint density at radius 2 is 1.53 bits per heavy atom. The molecule has 1 heterocycles. The van der Waals surface area contributed by atoms with E-state index in [4.69, 9.17) is 0 Å². The molecule has 106 valence electrons. The topological polar surface area (TPSA) is 27.0 Å². The molecule has 0 amide bonds. The van der Waals surface area contributed by atoms with Crippen LogP contribution in [0.5, 0.6) is 0 Å². The van der Waals surface area contributed by atoms with Gasteiger partial charge in [0.1, 0.15) is 0 Å². The number of piperidine rings is 1. The second-order valence-corrected chi connectivity index (χ2v) is 7.18. The largest absolute Gasteiger partial charge is 0.299 e. The van der Waals surface area contributed by atoms with Crippen molar-refractivity contribution in [3.8, 4) is 6.07 Å². The fourth-order valence-electron chi connectivity index (χ4n) is 4.83. The SMILES string of the molecule is N#CC1CCCCCC1N1CCC2(CCCC2)CC1. The first-order chi connectivity index (χ1) is 9.33. The van der Waals surface area contributed by atoms with E-state index < -0.39 is 0 Å². The molecule has 0 N–H and O–H groups in total. The summed E-state index contributed by atoms with van der Waals surface area (Å²) in [4.78, 5) is 2.68. The van der Waals surface area contributed by atoms with Crippen LogP contribution in [0.2, 0.25) is 0 Å². The number of nitrogens with zero attached hydrogens (tertiary/aromatic N) is 2. The van der Waals surface area contributed by atoms with Gasteiger partial charge in [0.2, 0.25) is 0 Å². The first kappa shape index (κ1) is 13.4. The van der Waals surface area contributed by atoms with Crippen molar-refractivity contribution in [2.75, 3.05) is 13.1 Å². The van der Waals surface area contributed by atoms with Crippen LogP contribution in [0.1, 0.15) is 70.6 Å². The van der Waals surface area contributed by atoms with Gasteiger partial charge in [-0.3, -0.25) is 4.90 Å². The summed E-state index contributed by atoms with van der Waals surface area (Å²) in [6.45, 7) is 2.53. The van der Waals surface area contributed by atoms with E-state index in [0.29, 0.717) is 17.4 Å². The normalized spacial score (nSPS) is 35.9. The fraction of sp³-hybridized carbons (Fsp3) is 0.941. The maximum absolute atomic E-state index is 9.45. The maximum atomic E-state index is 9.45. The van der Waals surface area contributed by atoms with Crippen LogP contribution in [0.25, 0.3) is 0 Å². The molecule has 0 aromatic rings. The van der Waals surface area contributed by atoms with E-state index in [1.54, 1.807) is 0 Å². The van der Waals surface area contributed by atoms with E-state index in [1.165, 1.54) is 77.3 Å². The molecule has 2 aliphatic carbocycles. The summed E-state index contributed by atoms with van der Waals surface area (Å²) in [6, 6.07) is 3.19. The van der Waals surface area contributed by atoms with Crippen LogP contribution in [0.4, 0.5) is 0 Å². The smallest absolute Gasteiger partial charge is 0.0672 e. The third kappa shape index (κ3) is 2.82. The van der Waals surface area contributed by atoms with Crippen LogP contribution in [-0.4, -0.2) is 24.0 Å².